The molecular weight excluding hydrogens is 263 g/mol. The lowest BCUT2D eigenvalue weighted by Gasteiger charge is -2.36. The number of anilines is 1. The Morgan fingerprint density at radius 2 is 1.90 bits per heavy atom. The summed E-state index contributed by atoms with van der Waals surface area (Å²) >= 11 is 0. The molecule has 3 rings (SSSR count). The summed E-state index contributed by atoms with van der Waals surface area (Å²) in [5, 5.41) is 3.47. The van der Waals surface area contributed by atoms with E-state index in [4.69, 9.17) is 0 Å². The Bertz CT molecular complexity index is 464. The monoisotopic (exact) mass is 290 g/mol. The molecule has 2 aliphatic carbocycles. The van der Waals surface area contributed by atoms with Crippen LogP contribution in [0.25, 0.3) is 0 Å². The summed E-state index contributed by atoms with van der Waals surface area (Å²) in [4.78, 5) is 2.44. The predicted octanol–water partition coefficient (Wildman–Crippen LogP) is 4.24. The topological polar surface area (TPSA) is 15.3 Å². The molecule has 2 fully saturated rings. The van der Waals surface area contributed by atoms with Gasteiger partial charge in [0.2, 0.25) is 0 Å². The van der Waals surface area contributed by atoms with E-state index in [0.29, 0.717) is 18.6 Å². The Kier molecular flexibility index (Phi) is 4.79. The molecule has 2 nitrogen and oxygen atoms in total. The molecule has 116 valence electrons. The Labute approximate surface area is 127 Å². The van der Waals surface area contributed by atoms with Crippen LogP contribution in [0.3, 0.4) is 0 Å². The first-order chi connectivity index (χ1) is 10.3. The highest BCUT2D eigenvalue weighted by Gasteiger charge is 2.25. The highest BCUT2D eigenvalue weighted by molar-refractivity contribution is 5.55. The summed E-state index contributed by atoms with van der Waals surface area (Å²) in [6.07, 6.45) is 8.96. The first-order valence-electron chi connectivity index (χ1n) is 8.57. The zero-order chi connectivity index (χ0) is 14.7. The van der Waals surface area contributed by atoms with Gasteiger partial charge in [-0.05, 0) is 44.7 Å². The Hall–Kier alpha value is -1.09. The van der Waals surface area contributed by atoms with E-state index in [0.717, 1.165) is 17.8 Å². The van der Waals surface area contributed by atoms with E-state index in [-0.39, 0.29) is 5.82 Å². The molecule has 0 unspecified atom stereocenters. The summed E-state index contributed by atoms with van der Waals surface area (Å²) < 4.78 is 14.3. The van der Waals surface area contributed by atoms with Crippen molar-refractivity contribution in [2.24, 2.45) is 0 Å². The highest BCUT2D eigenvalue weighted by Crippen LogP contribution is 2.31. The number of halogens is 1. The van der Waals surface area contributed by atoms with Crippen molar-refractivity contribution in [1.29, 1.82) is 0 Å². The van der Waals surface area contributed by atoms with Gasteiger partial charge in [0.15, 0.2) is 0 Å². The van der Waals surface area contributed by atoms with Crippen molar-refractivity contribution in [2.75, 3.05) is 11.4 Å². The van der Waals surface area contributed by atoms with Gasteiger partial charge in [0.05, 0.1) is 0 Å². The molecule has 0 aromatic heterocycles. The van der Waals surface area contributed by atoms with Gasteiger partial charge < -0.3 is 10.2 Å². The molecule has 0 spiro atoms. The second-order valence-corrected chi connectivity index (χ2v) is 6.47. The maximum Gasteiger partial charge on any atom is 0.129 e. The molecule has 0 heterocycles. The minimum atomic E-state index is -0.0603. The van der Waals surface area contributed by atoms with E-state index in [1.54, 1.807) is 6.07 Å². The fraction of sp³-hybridized carbons (Fsp3) is 0.667. The maximum atomic E-state index is 14.3. The molecule has 0 amide bonds. The van der Waals surface area contributed by atoms with Gasteiger partial charge in [0.25, 0.3) is 0 Å². The molecule has 21 heavy (non-hydrogen) atoms. The smallest absolute Gasteiger partial charge is 0.129 e. The van der Waals surface area contributed by atoms with E-state index in [1.165, 1.54) is 44.9 Å². The predicted molar refractivity (Wildman–Crippen MR) is 86.2 cm³/mol. The van der Waals surface area contributed by atoms with Gasteiger partial charge in [-0.3, -0.25) is 0 Å². The number of benzene rings is 1. The average Bonchev–Trinajstić information content (AvgIpc) is 3.33. The number of hydrogen-bond donors (Lipinski definition) is 1. The Morgan fingerprint density at radius 1 is 1.14 bits per heavy atom. The van der Waals surface area contributed by atoms with Crippen LogP contribution in [0.4, 0.5) is 10.1 Å². The van der Waals surface area contributed by atoms with Gasteiger partial charge in [-0.15, -0.1) is 0 Å². The summed E-state index contributed by atoms with van der Waals surface area (Å²) in [6, 6.07) is 6.76. The first-order valence-corrected chi connectivity index (χ1v) is 8.57. The normalized spacial score (nSPS) is 19.7. The minimum Gasteiger partial charge on any atom is -0.368 e. The number of nitrogens with zero attached hydrogens (tertiary/aromatic N) is 1. The lowest BCUT2D eigenvalue weighted by Crippen LogP contribution is -2.37. The number of nitrogens with one attached hydrogen (secondary N) is 1. The summed E-state index contributed by atoms with van der Waals surface area (Å²) in [7, 11) is 0. The van der Waals surface area contributed by atoms with Gasteiger partial charge in [-0.2, -0.15) is 0 Å². The molecule has 0 saturated heterocycles. The zero-order valence-corrected chi connectivity index (χ0v) is 13.1. The van der Waals surface area contributed by atoms with Crippen molar-refractivity contribution in [2.45, 2.75) is 70.5 Å². The fourth-order valence-electron chi connectivity index (χ4n) is 3.54. The zero-order valence-electron chi connectivity index (χ0n) is 13.1. The van der Waals surface area contributed by atoms with Crippen molar-refractivity contribution in [3.05, 3.63) is 29.6 Å². The van der Waals surface area contributed by atoms with Crippen LogP contribution in [-0.2, 0) is 6.54 Å². The quantitative estimate of drug-likeness (QED) is 0.843. The molecule has 0 aliphatic heterocycles. The first kappa shape index (κ1) is 14.8. The van der Waals surface area contributed by atoms with Gasteiger partial charge in [0.1, 0.15) is 5.82 Å². The lowest BCUT2D eigenvalue weighted by atomic mass is 9.93. The van der Waals surface area contributed by atoms with Crippen LogP contribution >= 0.6 is 0 Å². The Balaban J connectivity index is 1.81. The van der Waals surface area contributed by atoms with E-state index in [2.05, 4.69) is 23.2 Å². The molecule has 0 atom stereocenters. The van der Waals surface area contributed by atoms with E-state index in [1.807, 2.05) is 6.07 Å². The van der Waals surface area contributed by atoms with Gasteiger partial charge in [-0.25, -0.2) is 4.39 Å². The molecule has 2 saturated carbocycles. The standard InChI is InChI=1S/C18H27FN2/c1-2-21(15-7-4-3-5-8-15)18-10-6-9-17(19)16(18)13-20-14-11-12-14/h6,9-10,14-15,20H,2-5,7-8,11-13H2,1H3. The Morgan fingerprint density at radius 3 is 2.57 bits per heavy atom. The van der Waals surface area contributed by atoms with Gasteiger partial charge in [-0.1, -0.05) is 25.3 Å². The third-order valence-electron chi connectivity index (χ3n) is 4.90. The van der Waals surface area contributed by atoms with Crippen LogP contribution < -0.4 is 10.2 Å². The fourth-order valence-corrected chi connectivity index (χ4v) is 3.54. The van der Waals surface area contributed by atoms with E-state index in [9.17, 15) is 4.39 Å². The third kappa shape index (κ3) is 3.57. The van der Waals surface area contributed by atoms with Crippen LogP contribution in [0.15, 0.2) is 18.2 Å². The van der Waals surface area contributed by atoms with Crippen LogP contribution in [0.1, 0.15) is 57.4 Å². The molecular formula is C18H27FN2. The second kappa shape index (κ2) is 6.78. The second-order valence-electron chi connectivity index (χ2n) is 6.47. The van der Waals surface area contributed by atoms with Crippen LogP contribution in [0.2, 0.25) is 0 Å². The van der Waals surface area contributed by atoms with Gasteiger partial charge >= 0.3 is 0 Å². The van der Waals surface area contributed by atoms with Crippen molar-refractivity contribution < 1.29 is 4.39 Å². The average molecular weight is 290 g/mol. The summed E-state index contributed by atoms with van der Waals surface area (Å²) in [6.45, 7) is 3.82. The lowest BCUT2D eigenvalue weighted by molar-refractivity contribution is 0.416. The minimum absolute atomic E-state index is 0.0603. The number of hydrogen-bond acceptors (Lipinski definition) is 2. The molecule has 0 radical (unpaired) electrons. The third-order valence-corrected chi connectivity index (χ3v) is 4.90. The van der Waals surface area contributed by atoms with E-state index >= 15 is 0 Å². The van der Waals surface area contributed by atoms with Crippen molar-refractivity contribution in [1.82, 2.24) is 5.32 Å². The van der Waals surface area contributed by atoms with Crippen molar-refractivity contribution >= 4 is 5.69 Å². The number of rotatable bonds is 6. The molecule has 3 heteroatoms. The molecule has 1 aromatic rings. The van der Waals surface area contributed by atoms with Gasteiger partial charge in [0, 0.05) is 36.4 Å². The van der Waals surface area contributed by atoms with Crippen LogP contribution in [0, 0.1) is 5.82 Å². The summed E-state index contributed by atoms with van der Waals surface area (Å²) in [5.41, 5.74) is 1.97. The van der Waals surface area contributed by atoms with Crippen molar-refractivity contribution in [3.63, 3.8) is 0 Å². The van der Waals surface area contributed by atoms with Crippen molar-refractivity contribution in [3.8, 4) is 0 Å². The summed E-state index contributed by atoms with van der Waals surface area (Å²) in [5.74, 6) is -0.0603. The molecule has 1 N–H and O–H groups in total. The highest BCUT2D eigenvalue weighted by atomic mass is 19.1. The van der Waals surface area contributed by atoms with Crippen LogP contribution in [-0.4, -0.2) is 18.6 Å². The van der Waals surface area contributed by atoms with Crippen LogP contribution in [0.5, 0.6) is 0 Å². The largest absolute Gasteiger partial charge is 0.368 e. The van der Waals surface area contributed by atoms with E-state index < -0.39 is 0 Å². The SMILES string of the molecule is CCN(c1cccc(F)c1CNC1CC1)C1CCCCC1. The maximum absolute atomic E-state index is 14.3. The molecule has 2 aliphatic rings. The molecule has 0 bridgehead atoms. The molecule has 1 aromatic carbocycles.